The van der Waals surface area contributed by atoms with E-state index in [0.717, 1.165) is 19.6 Å². The fraction of sp³-hybridized carbons (Fsp3) is 0.611. The van der Waals surface area contributed by atoms with Gasteiger partial charge in [0.1, 0.15) is 6.04 Å². The summed E-state index contributed by atoms with van der Waals surface area (Å²) in [6.07, 6.45) is 0. The summed E-state index contributed by atoms with van der Waals surface area (Å²) in [6, 6.07) is 10.1. The third kappa shape index (κ3) is 7.12. The molecule has 1 saturated heterocycles. The second-order valence-electron chi connectivity index (χ2n) is 6.73. The molecule has 1 amide bonds. The van der Waals surface area contributed by atoms with Gasteiger partial charge in [-0.2, -0.15) is 0 Å². The molecule has 0 radical (unpaired) electrons. The monoisotopic (exact) mass is 391 g/mol. The Balaban J connectivity index is 0.00000288. The molecule has 7 heteroatoms. The van der Waals surface area contributed by atoms with Crippen molar-refractivity contribution in [1.29, 1.82) is 0 Å². The summed E-state index contributed by atoms with van der Waals surface area (Å²) in [4.78, 5) is 14.6. The van der Waals surface area contributed by atoms with Gasteiger partial charge in [0.2, 0.25) is 5.91 Å². The average Bonchev–Trinajstić information content (AvgIpc) is 2.52. The smallest absolute Gasteiger partial charge is 0.239 e. The molecule has 0 spiro atoms. The van der Waals surface area contributed by atoms with Gasteiger partial charge in [-0.3, -0.25) is 9.69 Å². The van der Waals surface area contributed by atoms with E-state index in [1.807, 2.05) is 6.07 Å². The first-order chi connectivity index (χ1) is 11.0. The Morgan fingerprint density at radius 1 is 1.24 bits per heavy atom. The van der Waals surface area contributed by atoms with Crippen LogP contribution in [0.3, 0.4) is 0 Å². The Morgan fingerprint density at radius 3 is 2.32 bits per heavy atom. The standard InChI is InChI=1S/C18H29N3O2.2ClH/c1-13-9-21(11-15-7-5-4-6-8-15)10-14(2)17(13)20-18(22)16(19)12-23-3;;/h4-8,13-14,16-17H,9-12,19H2,1-3H3,(H,20,22);2*1H. The van der Waals surface area contributed by atoms with Gasteiger partial charge in [0.25, 0.3) is 0 Å². The van der Waals surface area contributed by atoms with Crippen LogP contribution in [-0.4, -0.2) is 49.7 Å². The number of nitrogens with zero attached hydrogens (tertiary/aromatic N) is 1. The highest BCUT2D eigenvalue weighted by Gasteiger charge is 2.33. The van der Waals surface area contributed by atoms with Crippen molar-refractivity contribution in [3.05, 3.63) is 35.9 Å². The first kappa shape index (κ1) is 24.1. The van der Waals surface area contributed by atoms with Gasteiger partial charge in [-0.05, 0) is 17.4 Å². The average molecular weight is 392 g/mol. The molecule has 1 heterocycles. The largest absolute Gasteiger partial charge is 0.383 e. The number of hydrogen-bond donors (Lipinski definition) is 2. The van der Waals surface area contributed by atoms with Crippen molar-refractivity contribution >= 4 is 30.7 Å². The Bertz CT molecular complexity index is 492. The topological polar surface area (TPSA) is 67.6 Å². The molecule has 5 nitrogen and oxygen atoms in total. The van der Waals surface area contributed by atoms with Crippen LogP contribution in [0.1, 0.15) is 19.4 Å². The van der Waals surface area contributed by atoms with Crippen LogP contribution in [0.25, 0.3) is 0 Å². The lowest BCUT2D eigenvalue weighted by Gasteiger charge is -2.42. The zero-order valence-corrected chi connectivity index (χ0v) is 16.8. The summed E-state index contributed by atoms with van der Waals surface area (Å²) in [5.74, 6) is 0.661. The molecule has 0 saturated carbocycles. The van der Waals surface area contributed by atoms with Crippen LogP contribution in [0, 0.1) is 11.8 Å². The number of likely N-dealkylation sites (tertiary alicyclic amines) is 1. The Kier molecular flexibility index (Phi) is 11.3. The van der Waals surface area contributed by atoms with E-state index in [1.165, 1.54) is 5.56 Å². The van der Waals surface area contributed by atoms with Crippen molar-refractivity contribution < 1.29 is 9.53 Å². The van der Waals surface area contributed by atoms with Crippen molar-refractivity contribution in [2.24, 2.45) is 17.6 Å². The maximum absolute atomic E-state index is 12.1. The second-order valence-corrected chi connectivity index (χ2v) is 6.73. The van der Waals surface area contributed by atoms with E-state index in [9.17, 15) is 4.79 Å². The summed E-state index contributed by atoms with van der Waals surface area (Å²) >= 11 is 0. The van der Waals surface area contributed by atoms with E-state index in [0.29, 0.717) is 11.8 Å². The lowest BCUT2D eigenvalue weighted by molar-refractivity contribution is -0.125. The van der Waals surface area contributed by atoms with Gasteiger partial charge in [0, 0.05) is 32.8 Å². The van der Waals surface area contributed by atoms with Crippen LogP contribution >= 0.6 is 24.8 Å². The number of nitrogens with one attached hydrogen (secondary N) is 1. The summed E-state index contributed by atoms with van der Waals surface area (Å²) in [5, 5.41) is 3.12. The molecule has 0 bridgehead atoms. The zero-order valence-electron chi connectivity index (χ0n) is 15.2. The minimum atomic E-state index is -0.596. The highest BCUT2D eigenvalue weighted by molar-refractivity contribution is 5.85. The normalized spacial score (nSPS) is 24.6. The van der Waals surface area contributed by atoms with Crippen LogP contribution in [-0.2, 0) is 16.1 Å². The van der Waals surface area contributed by atoms with Crippen LogP contribution in [0.2, 0.25) is 0 Å². The molecule has 1 aliphatic heterocycles. The molecule has 0 aromatic heterocycles. The number of methoxy groups -OCH3 is 1. The molecule has 0 aliphatic carbocycles. The molecule has 3 unspecified atom stereocenters. The van der Waals surface area contributed by atoms with Gasteiger partial charge < -0.3 is 15.8 Å². The molecule has 1 fully saturated rings. The Labute approximate surface area is 163 Å². The predicted octanol–water partition coefficient (Wildman–Crippen LogP) is 2.08. The van der Waals surface area contributed by atoms with E-state index >= 15 is 0 Å². The number of nitrogens with two attached hydrogens (primary N) is 1. The summed E-state index contributed by atoms with van der Waals surface area (Å²) in [7, 11) is 1.56. The van der Waals surface area contributed by atoms with Crippen molar-refractivity contribution in [3.8, 4) is 0 Å². The number of amides is 1. The first-order valence-electron chi connectivity index (χ1n) is 8.32. The molecule has 144 valence electrons. The molecular weight excluding hydrogens is 361 g/mol. The number of hydrogen-bond acceptors (Lipinski definition) is 4. The Morgan fingerprint density at radius 2 is 1.80 bits per heavy atom. The maximum Gasteiger partial charge on any atom is 0.239 e. The van der Waals surface area contributed by atoms with Gasteiger partial charge in [0.15, 0.2) is 0 Å². The van der Waals surface area contributed by atoms with E-state index in [-0.39, 0.29) is 43.4 Å². The summed E-state index contributed by atoms with van der Waals surface area (Å²) in [5.41, 5.74) is 7.15. The van der Waals surface area contributed by atoms with Crippen LogP contribution in [0.5, 0.6) is 0 Å². The molecule has 1 aromatic rings. The quantitative estimate of drug-likeness (QED) is 0.778. The number of carbonyl (C=O) groups is 1. The predicted molar refractivity (Wildman–Crippen MR) is 106 cm³/mol. The molecule has 25 heavy (non-hydrogen) atoms. The molecule has 1 aliphatic rings. The van der Waals surface area contributed by atoms with Crippen LogP contribution in [0.15, 0.2) is 30.3 Å². The number of piperidine rings is 1. The fourth-order valence-electron chi connectivity index (χ4n) is 3.46. The van der Waals surface area contributed by atoms with Crippen LogP contribution in [0.4, 0.5) is 0 Å². The molecular formula is C18H31Cl2N3O2. The number of halogens is 2. The lowest BCUT2D eigenvalue weighted by atomic mass is 9.85. The zero-order chi connectivity index (χ0) is 16.8. The summed E-state index contributed by atoms with van der Waals surface area (Å²) in [6.45, 7) is 7.55. The lowest BCUT2D eigenvalue weighted by Crippen LogP contribution is -2.57. The van der Waals surface area contributed by atoms with Crippen LogP contribution < -0.4 is 11.1 Å². The molecule has 2 rings (SSSR count). The first-order valence-corrected chi connectivity index (χ1v) is 8.32. The number of ether oxygens (including phenoxy) is 1. The van der Waals surface area contributed by atoms with Gasteiger partial charge in [0.05, 0.1) is 6.61 Å². The second kappa shape index (κ2) is 11.7. The minimum Gasteiger partial charge on any atom is -0.383 e. The molecule has 3 N–H and O–H groups in total. The highest BCUT2D eigenvalue weighted by atomic mass is 35.5. The van der Waals surface area contributed by atoms with Gasteiger partial charge in [-0.25, -0.2) is 0 Å². The SMILES string of the molecule is COCC(N)C(=O)NC1C(C)CN(Cc2ccccc2)CC1C.Cl.Cl. The van der Waals surface area contributed by atoms with E-state index < -0.39 is 6.04 Å². The maximum atomic E-state index is 12.1. The Hall–Kier alpha value is -0.850. The number of carbonyl (C=O) groups excluding carboxylic acids is 1. The van der Waals surface area contributed by atoms with Gasteiger partial charge in [-0.1, -0.05) is 44.2 Å². The van der Waals surface area contributed by atoms with Crippen molar-refractivity contribution in [2.75, 3.05) is 26.8 Å². The van der Waals surface area contributed by atoms with E-state index in [2.05, 4.69) is 48.3 Å². The van der Waals surface area contributed by atoms with Gasteiger partial charge in [-0.15, -0.1) is 24.8 Å². The fourth-order valence-corrected chi connectivity index (χ4v) is 3.46. The van der Waals surface area contributed by atoms with Crippen molar-refractivity contribution in [3.63, 3.8) is 0 Å². The van der Waals surface area contributed by atoms with Crippen molar-refractivity contribution in [1.82, 2.24) is 10.2 Å². The molecule has 1 aromatic carbocycles. The minimum absolute atomic E-state index is 0. The third-order valence-corrected chi connectivity index (χ3v) is 4.56. The number of rotatable bonds is 6. The number of benzene rings is 1. The third-order valence-electron chi connectivity index (χ3n) is 4.56. The summed E-state index contributed by atoms with van der Waals surface area (Å²) < 4.78 is 4.96. The van der Waals surface area contributed by atoms with E-state index in [4.69, 9.17) is 10.5 Å². The molecule has 3 atom stereocenters. The van der Waals surface area contributed by atoms with E-state index in [1.54, 1.807) is 7.11 Å². The van der Waals surface area contributed by atoms with Crippen molar-refractivity contribution in [2.45, 2.75) is 32.5 Å². The highest BCUT2D eigenvalue weighted by Crippen LogP contribution is 2.23. The van der Waals surface area contributed by atoms with Gasteiger partial charge >= 0.3 is 0 Å².